The van der Waals surface area contributed by atoms with Gasteiger partial charge in [-0.25, -0.2) is 15.0 Å². The highest BCUT2D eigenvalue weighted by Crippen LogP contribution is 2.37. The summed E-state index contributed by atoms with van der Waals surface area (Å²) in [4.78, 5) is 14.9. The van der Waals surface area contributed by atoms with Crippen molar-refractivity contribution < 1.29 is 8.83 Å². The van der Waals surface area contributed by atoms with Gasteiger partial charge in [0.25, 0.3) is 0 Å². The van der Waals surface area contributed by atoms with Gasteiger partial charge in [-0.2, -0.15) is 0 Å². The van der Waals surface area contributed by atoms with Crippen molar-refractivity contribution in [1.29, 1.82) is 0 Å². The Kier molecular flexibility index (Phi) is 6.42. The largest absolute Gasteiger partial charge is 0.456 e. The van der Waals surface area contributed by atoms with Gasteiger partial charge in [-0.1, -0.05) is 115 Å². The first-order valence-electron chi connectivity index (χ1n) is 16.6. The Bertz CT molecular complexity index is 2870. The molecule has 0 aliphatic rings. The molecule has 0 saturated carbocycles. The molecule has 7 aromatic carbocycles. The molecule has 0 N–H and O–H groups in total. The van der Waals surface area contributed by atoms with Crippen LogP contribution in [0.2, 0.25) is 0 Å². The molecule has 3 heterocycles. The number of hydrogen-bond donors (Lipinski definition) is 0. The molecular weight excluding hydrogens is 615 g/mol. The number of benzene rings is 7. The maximum atomic E-state index is 6.52. The maximum Gasteiger partial charge on any atom is 0.164 e. The van der Waals surface area contributed by atoms with Gasteiger partial charge < -0.3 is 8.83 Å². The average Bonchev–Trinajstić information content (AvgIpc) is 3.75. The van der Waals surface area contributed by atoms with E-state index in [1.807, 2.05) is 91.0 Å². The molecule has 0 saturated heterocycles. The Morgan fingerprint density at radius 2 is 0.720 bits per heavy atom. The van der Waals surface area contributed by atoms with E-state index in [-0.39, 0.29) is 0 Å². The lowest BCUT2D eigenvalue weighted by atomic mass is 10.0. The summed E-state index contributed by atoms with van der Waals surface area (Å²) in [6.07, 6.45) is 0. The smallest absolute Gasteiger partial charge is 0.164 e. The van der Waals surface area contributed by atoms with E-state index in [2.05, 4.69) is 72.8 Å². The summed E-state index contributed by atoms with van der Waals surface area (Å²) < 4.78 is 12.6. The van der Waals surface area contributed by atoms with Crippen molar-refractivity contribution in [1.82, 2.24) is 15.0 Å². The lowest BCUT2D eigenvalue weighted by Gasteiger charge is -2.09. The fraction of sp³-hybridized carbons (Fsp3) is 0. The molecule has 50 heavy (non-hydrogen) atoms. The maximum absolute atomic E-state index is 6.52. The average molecular weight is 642 g/mol. The Morgan fingerprint density at radius 3 is 1.48 bits per heavy atom. The number of furan rings is 2. The van der Waals surface area contributed by atoms with E-state index in [0.29, 0.717) is 17.5 Å². The standard InChI is InChI=1S/C45H27N3O2/c1-3-10-28(11-4-1)30-14-9-15-33(24-30)44-46-43(29-12-5-2-6-13-29)47-45(48-44)34-19-22-37-36-21-18-32(26-41(36)50-42(37)27-34)31-20-23-40-38(25-31)35-16-7-8-17-39(35)49-40/h1-27H. The summed E-state index contributed by atoms with van der Waals surface area (Å²) in [6, 6.07) is 55.8. The number of nitrogens with zero attached hydrogens (tertiary/aromatic N) is 3. The normalized spacial score (nSPS) is 11.6. The van der Waals surface area contributed by atoms with Crippen molar-refractivity contribution in [2.45, 2.75) is 0 Å². The van der Waals surface area contributed by atoms with Crippen molar-refractivity contribution >= 4 is 43.9 Å². The number of rotatable bonds is 5. The highest BCUT2D eigenvalue weighted by atomic mass is 16.3. The van der Waals surface area contributed by atoms with Gasteiger partial charge in [-0.3, -0.25) is 0 Å². The van der Waals surface area contributed by atoms with Crippen molar-refractivity contribution in [3.8, 4) is 56.4 Å². The van der Waals surface area contributed by atoms with Crippen LogP contribution in [0.25, 0.3) is 100 Å². The van der Waals surface area contributed by atoms with Crippen LogP contribution in [0.15, 0.2) is 173 Å². The minimum absolute atomic E-state index is 0.586. The van der Waals surface area contributed by atoms with Gasteiger partial charge in [-0.05, 0) is 70.8 Å². The van der Waals surface area contributed by atoms with E-state index in [1.165, 1.54) is 0 Å². The first-order chi connectivity index (χ1) is 24.7. The van der Waals surface area contributed by atoms with Crippen LogP contribution in [0.5, 0.6) is 0 Å². The second kappa shape index (κ2) is 11.4. The highest BCUT2D eigenvalue weighted by Gasteiger charge is 2.16. The van der Waals surface area contributed by atoms with Crippen LogP contribution in [-0.2, 0) is 0 Å². The monoisotopic (exact) mass is 641 g/mol. The second-order valence-electron chi connectivity index (χ2n) is 12.5. The summed E-state index contributed by atoms with van der Waals surface area (Å²) >= 11 is 0. The summed E-state index contributed by atoms with van der Waals surface area (Å²) in [6.45, 7) is 0. The van der Waals surface area contributed by atoms with Gasteiger partial charge >= 0.3 is 0 Å². The molecule has 234 valence electrons. The van der Waals surface area contributed by atoms with Gasteiger partial charge in [0.2, 0.25) is 0 Å². The van der Waals surface area contributed by atoms with E-state index in [4.69, 9.17) is 23.8 Å². The Hall–Kier alpha value is -6.85. The lowest BCUT2D eigenvalue weighted by molar-refractivity contribution is 0.669. The third kappa shape index (κ3) is 4.83. The zero-order valence-electron chi connectivity index (χ0n) is 26.7. The lowest BCUT2D eigenvalue weighted by Crippen LogP contribution is -2.00. The molecule has 0 atom stereocenters. The molecule has 5 nitrogen and oxygen atoms in total. The number of hydrogen-bond acceptors (Lipinski definition) is 5. The van der Waals surface area contributed by atoms with Crippen LogP contribution < -0.4 is 0 Å². The summed E-state index contributed by atoms with van der Waals surface area (Å²) in [5.41, 5.74) is 10.5. The predicted molar refractivity (Wildman–Crippen MR) is 202 cm³/mol. The van der Waals surface area contributed by atoms with Crippen LogP contribution in [0, 0.1) is 0 Å². The molecule has 0 bridgehead atoms. The van der Waals surface area contributed by atoms with Gasteiger partial charge in [0.1, 0.15) is 22.3 Å². The van der Waals surface area contributed by atoms with Crippen LogP contribution in [0.3, 0.4) is 0 Å². The predicted octanol–water partition coefficient (Wildman–Crippen LogP) is 12.0. The molecule has 0 spiro atoms. The van der Waals surface area contributed by atoms with Crippen LogP contribution in [0.4, 0.5) is 0 Å². The first-order valence-corrected chi connectivity index (χ1v) is 16.6. The van der Waals surface area contributed by atoms with Crippen LogP contribution in [0.1, 0.15) is 0 Å². The number of aromatic nitrogens is 3. The first kappa shape index (κ1) is 28.2. The molecule has 0 aliphatic carbocycles. The van der Waals surface area contributed by atoms with Crippen LogP contribution in [-0.4, -0.2) is 15.0 Å². The van der Waals surface area contributed by atoms with Crippen molar-refractivity contribution in [2.75, 3.05) is 0 Å². The molecule has 3 aromatic heterocycles. The summed E-state index contributed by atoms with van der Waals surface area (Å²) in [5, 5.41) is 4.32. The fourth-order valence-electron chi connectivity index (χ4n) is 6.82. The second-order valence-corrected chi connectivity index (χ2v) is 12.5. The molecule has 0 radical (unpaired) electrons. The fourth-order valence-corrected chi connectivity index (χ4v) is 6.82. The molecule has 10 rings (SSSR count). The molecule has 0 aliphatic heterocycles. The SMILES string of the molecule is c1ccc(-c2cccc(-c3nc(-c4ccccc4)nc(-c4ccc5c(c4)oc4cc(-c6ccc7oc8ccccc8c7c6)ccc45)n3)c2)cc1. The Morgan fingerprint density at radius 1 is 0.260 bits per heavy atom. The molecule has 10 aromatic rings. The summed E-state index contributed by atoms with van der Waals surface area (Å²) in [5.74, 6) is 1.82. The molecule has 0 amide bonds. The zero-order valence-corrected chi connectivity index (χ0v) is 26.7. The summed E-state index contributed by atoms with van der Waals surface area (Å²) in [7, 11) is 0. The van der Waals surface area contributed by atoms with E-state index < -0.39 is 0 Å². The van der Waals surface area contributed by atoms with Gasteiger partial charge in [0.15, 0.2) is 17.5 Å². The van der Waals surface area contributed by atoms with Crippen molar-refractivity contribution in [3.63, 3.8) is 0 Å². The Balaban J connectivity index is 1.07. The van der Waals surface area contributed by atoms with Gasteiger partial charge in [-0.15, -0.1) is 0 Å². The molecular formula is C45H27N3O2. The topological polar surface area (TPSA) is 65.0 Å². The van der Waals surface area contributed by atoms with Crippen molar-refractivity contribution in [3.05, 3.63) is 164 Å². The minimum atomic E-state index is 0.586. The number of fused-ring (bicyclic) bond motifs is 6. The highest BCUT2D eigenvalue weighted by molar-refractivity contribution is 6.08. The number of para-hydroxylation sites is 1. The van der Waals surface area contributed by atoms with E-state index in [0.717, 1.165) is 82.8 Å². The quantitative estimate of drug-likeness (QED) is 0.187. The third-order valence-corrected chi connectivity index (χ3v) is 9.34. The molecule has 0 unspecified atom stereocenters. The van der Waals surface area contributed by atoms with E-state index >= 15 is 0 Å². The third-order valence-electron chi connectivity index (χ3n) is 9.34. The van der Waals surface area contributed by atoms with E-state index in [9.17, 15) is 0 Å². The van der Waals surface area contributed by atoms with Gasteiger partial charge in [0, 0.05) is 38.2 Å². The van der Waals surface area contributed by atoms with Crippen LogP contribution >= 0.6 is 0 Å². The van der Waals surface area contributed by atoms with E-state index in [1.54, 1.807) is 0 Å². The zero-order chi connectivity index (χ0) is 33.0. The van der Waals surface area contributed by atoms with Gasteiger partial charge in [0.05, 0.1) is 0 Å². The minimum Gasteiger partial charge on any atom is -0.456 e. The van der Waals surface area contributed by atoms with Crippen molar-refractivity contribution in [2.24, 2.45) is 0 Å². The molecule has 5 heteroatoms. The molecule has 0 fully saturated rings. The Labute approximate surface area is 287 Å².